The van der Waals surface area contributed by atoms with Gasteiger partial charge < -0.3 is 4.90 Å². The third-order valence-corrected chi connectivity index (χ3v) is 4.71. The predicted octanol–water partition coefficient (Wildman–Crippen LogP) is 3.94. The zero-order chi connectivity index (χ0) is 14.0. The fourth-order valence-electron chi connectivity index (χ4n) is 3.21. The lowest BCUT2D eigenvalue weighted by atomic mass is 9.72. The fourth-order valence-corrected chi connectivity index (χ4v) is 3.21. The van der Waals surface area contributed by atoms with E-state index in [0.717, 1.165) is 13.1 Å². The highest BCUT2D eigenvalue weighted by atomic mass is 16.1. The number of carbonyl (C=O) groups excluding carboxylic acids is 1. The molecule has 1 atom stereocenters. The van der Waals surface area contributed by atoms with E-state index in [-0.39, 0.29) is 11.2 Å². The van der Waals surface area contributed by atoms with Crippen molar-refractivity contribution in [2.45, 2.75) is 53.4 Å². The number of ketones is 1. The number of Topliss-reactive ketones (excluding diaryl/α,β-unsaturated/α-hetero) is 1. The molecule has 0 radical (unpaired) electrons. The van der Waals surface area contributed by atoms with Crippen molar-refractivity contribution in [2.75, 3.05) is 13.1 Å². The van der Waals surface area contributed by atoms with Gasteiger partial charge in [-0.1, -0.05) is 32.9 Å². The summed E-state index contributed by atoms with van der Waals surface area (Å²) in [6.45, 7) is 10.9. The number of carbonyl (C=O) groups is 1. The molecular weight excluding hydrogens is 234 g/mol. The molecule has 0 aromatic carbocycles. The van der Waals surface area contributed by atoms with Gasteiger partial charge in [0.05, 0.1) is 0 Å². The molecule has 2 nitrogen and oxygen atoms in total. The molecule has 1 unspecified atom stereocenters. The van der Waals surface area contributed by atoms with Crippen LogP contribution in [0.1, 0.15) is 53.4 Å². The molecule has 2 heteroatoms. The molecule has 1 aliphatic heterocycles. The van der Waals surface area contributed by atoms with E-state index in [2.05, 4.69) is 37.8 Å². The second-order valence-corrected chi connectivity index (χ2v) is 6.71. The van der Waals surface area contributed by atoms with Crippen molar-refractivity contribution in [2.24, 2.45) is 11.3 Å². The number of hydrogen-bond acceptors (Lipinski definition) is 2. The van der Waals surface area contributed by atoms with Gasteiger partial charge in [0.25, 0.3) is 0 Å². The molecule has 1 fully saturated rings. The van der Waals surface area contributed by atoms with Crippen molar-refractivity contribution in [3.63, 3.8) is 0 Å². The van der Waals surface area contributed by atoms with Gasteiger partial charge >= 0.3 is 0 Å². The van der Waals surface area contributed by atoms with Crippen LogP contribution in [0.15, 0.2) is 23.4 Å². The van der Waals surface area contributed by atoms with Crippen molar-refractivity contribution in [1.29, 1.82) is 0 Å². The minimum Gasteiger partial charge on any atom is -0.374 e. The van der Waals surface area contributed by atoms with Crippen LogP contribution in [-0.4, -0.2) is 23.8 Å². The summed E-state index contributed by atoms with van der Waals surface area (Å²) < 4.78 is 0. The van der Waals surface area contributed by atoms with Gasteiger partial charge in [-0.3, -0.25) is 4.79 Å². The van der Waals surface area contributed by atoms with Crippen molar-refractivity contribution in [3.8, 4) is 0 Å². The van der Waals surface area contributed by atoms with Gasteiger partial charge in [0.15, 0.2) is 0 Å². The van der Waals surface area contributed by atoms with Gasteiger partial charge in [-0.05, 0) is 37.2 Å². The molecule has 0 spiro atoms. The first-order chi connectivity index (χ1) is 8.92. The number of allylic oxidation sites excluding steroid dienone is 4. The lowest BCUT2D eigenvalue weighted by Gasteiger charge is -2.43. The first kappa shape index (κ1) is 14.4. The second-order valence-electron chi connectivity index (χ2n) is 6.71. The van der Waals surface area contributed by atoms with E-state index in [1.165, 1.54) is 30.5 Å². The molecule has 2 aliphatic rings. The molecule has 0 N–H and O–H groups in total. The lowest BCUT2D eigenvalue weighted by molar-refractivity contribution is -0.116. The second kappa shape index (κ2) is 5.52. The van der Waals surface area contributed by atoms with Crippen molar-refractivity contribution < 1.29 is 4.79 Å². The zero-order valence-corrected chi connectivity index (χ0v) is 12.8. The Morgan fingerprint density at radius 2 is 1.95 bits per heavy atom. The molecule has 0 amide bonds. The first-order valence-electron chi connectivity index (χ1n) is 7.58. The van der Waals surface area contributed by atoms with Crippen LogP contribution >= 0.6 is 0 Å². The Morgan fingerprint density at radius 1 is 1.32 bits per heavy atom. The monoisotopic (exact) mass is 261 g/mol. The van der Waals surface area contributed by atoms with Gasteiger partial charge in [0.1, 0.15) is 5.78 Å². The van der Waals surface area contributed by atoms with Crippen LogP contribution in [0.25, 0.3) is 0 Å². The SMILES string of the molecule is CC(=O)CC1=C(N2CCCCC2)C(C)C(C)(C)C=C1. The van der Waals surface area contributed by atoms with Crippen LogP contribution in [0, 0.1) is 11.3 Å². The maximum atomic E-state index is 11.5. The minimum absolute atomic E-state index is 0.188. The highest BCUT2D eigenvalue weighted by Crippen LogP contribution is 2.42. The number of hydrogen-bond donors (Lipinski definition) is 0. The van der Waals surface area contributed by atoms with E-state index >= 15 is 0 Å². The molecule has 19 heavy (non-hydrogen) atoms. The zero-order valence-electron chi connectivity index (χ0n) is 12.8. The van der Waals surface area contributed by atoms with Crippen molar-refractivity contribution in [3.05, 3.63) is 23.4 Å². The largest absolute Gasteiger partial charge is 0.374 e. The van der Waals surface area contributed by atoms with Gasteiger partial charge in [-0.2, -0.15) is 0 Å². The molecule has 106 valence electrons. The Labute approximate surface area is 117 Å². The molecule has 0 aromatic rings. The van der Waals surface area contributed by atoms with E-state index in [1.807, 2.05) is 0 Å². The van der Waals surface area contributed by atoms with E-state index in [0.29, 0.717) is 12.3 Å². The quantitative estimate of drug-likeness (QED) is 0.767. The molecule has 2 rings (SSSR count). The summed E-state index contributed by atoms with van der Waals surface area (Å²) in [5.74, 6) is 0.756. The van der Waals surface area contributed by atoms with Gasteiger partial charge in [0.2, 0.25) is 0 Å². The Morgan fingerprint density at radius 3 is 2.53 bits per heavy atom. The Balaban J connectivity index is 2.34. The Hall–Kier alpha value is -1.05. The van der Waals surface area contributed by atoms with E-state index in [1.54, 1.807) is 6.92 Å². The summed E-state index contributed by atoms with van der Waals surface area (Å²) in [7, 11) is 0. The first-order valence-corrected chi connectivity index (χ1v) is 7.58. The highest BCUT2D eigenvalue weighted by Gasteiger charge is 2.34. The van der Waals surface area contributed by atoms with Crippen LogP contribution < -0.4 is 0 Å². The maximum Gasteiger partial charge on any atom is 0.134 e. The van der Waals surface area contributed by atoms with Gasteiger partial charge in [0, 0.05) is 31.1 Å². The summed E-state index contributed by atoms with van der Waals surface area (Å²) >= 11 is 0. The Kier molecular flexibility index (Phi) is 4.17. The smallest absolute Gasteiger partial charge is 0.134 e. The summed E-state index contributed by atoms with van der Waals surface area (Å²) in [6, 6.07) is 0. The van der Waals surface area contributed by atoms with E-state index in [9.17, 15) is 4.79 Å². The highest BCUT2D eigenvalue weighted by molar-refractivity contribution is 5.79. The lowest BCUT2D eigenvalue weighted by Crippen LogP contribution is -2.38. The van der Waals surface area contributed by atoms with Crippen LogP contribution in [0.4, 0.5) is 0 Å². The van der Waals surface area contributed by atoms with Gasteiger partial charge in [-0.15, -0.1) is 0 Å². The molecule has 0 saturated carbocycles. The van der Waals surface area contributed by atoms with E-state index < -0.39 is 0 Å². The molecule has 1 heterocycles. The third-order valence-electron chi connectivity index (χ3n) is 4.71. The number of piperidine rings is 1. The van der Waals surface area contributed by atoms with Crippen molar-refractivity contribution in [1.82, 2.24) is 4.90 Å². The van der Waals surface area contributed by atoms with Crippen LogP contribution in [0.3, 0.4) is 0 Å². The third kappa shape index (κ3) is 3.10. The maximum absolute atomic E-state index is 11.5. The summed E-state index contributed by atoms with van der Waals surface area (Å²) in [5.41, 5.74) is 2.87. The van der Waals surface area contributed by atoms with Gasteiger partial charge in [-0.25, -0.2) is 0 Å². The van der Waals surface area contributed by atoms with Crippen molar-refractivity contribution >= 4 is 5.78 Å². The molecular formula is C17H27NO. The normalized spacial score (nSPS) is 26.7. The summed E-state index contributed by atoms with van der Waals surface area (Å²) in [4.78, 5) is 14.1. The van der Waals surface area contributed by atoms with Crippen LogP contribution in [0.2, 0.25) is 0 Å². The predicted molar refractivity (Wildman–Crippen MR) is 79.8 cm³/mol. The fraction of sp³-hybridized carbons (Fsp3) is 0.706. The molecule has 0 aromatic heterocycles. The summed E-state index contributed by atoms with van der Waals surface area (Å²) in [5, 5.41) is 0. The Bertz CT molecular complexity index is 411. The standard InChI is InChI=1S/C17H27NO/c1-13(19)12-15-8-9-17(3,4)14(2)16(15)18-10-6-5-7-11-18/h8-9,14H,5-7,10-12H2,1-4H3. The molecule has 0 bridgehead atoms. The average Bonchev–Trinajstić information content (AvgIpc) is 2.35. The number of likely N-dealkylation sites (tertiary alicyclic amines) is 1. The average molecular weight is 261 g/mol. The topological polar surface area (TPSA) is 20.3 Å². The minimum atomic E-state index is 0.188. The molecule has 1 saturated heterocycles. The number of nitrogens with zero attached hydrogens (tertiary/aromatic N) is 1. The van der Waals surface area contributed by atoms with Crippen LogP contribution in [-0.2, 0) is 4.79 Å². The number of rotatable bonds is 3. The summed E-state index contributed by atoms with van der Waals surface area (Å²) in [6.07, 6.45) is 8.98. The van der Waals surface area contributed by atoms with Crippen LogP contribution in [0.5, 0.6) is 0 Å². The van der Waals surface area contributed by atoms with E-state index in [4.69, 9.17) is 0 Å². The molecule has 1 aliphatic carbocycles.